The summed E-state index contributed by atoms with van der Waals surface area (Å²) in [5.41, 5.74) is 0.459. The molecule has 0 radical (unpaired) electrons. The number of aromatic nitrogens is 1. The first-order chi connectivity index (χ1) is 10.7. The third-order valence-corrected chi connectivity index (χ3v) is 2.85. The SMILES string of the molecule is CN1N=C(C(=O)Nc2ccc(OCC(F)(F)F)nc2)CCC1=O. The first kappa shape index (κ1) is 16.7. The van der Waals surface area contributed by atoms with Crippen molar-refractivity contribution in [3.8, 4) is 5.88 Å². The number of nitrogens with zero attached hydrogens (tertiary/aromatic N) is 3. The highest BCUT2D eigenvalue weighted by Crippen LogP contribution is 2.18. The second kappa shape index (κ2) is 6.63. The van der Waals surface area contributed by atoms with E-state index in [4.69, 9.17) is 0 Å². The highest BCUT2D eigenvalue weighted by atomic mass is 19.4. The maximum absolute atomic E-state index is 12.0. The molecule has 1 N–H and O–H groups in total. The van der Waals surface area contributed by atoms with E-state index in [1.807, 2.05) is 0 Å². The molecule has 1 aromatic heterocycles. The van der Waals surface area contributed by atoms with E-state index < -0.39 is 18.7 Å². The summed E-state index contributed by atoms with van der Waals surface area (Å²) in [5.74, 6) is -0.898. The maximum atomic E-state index is 12.0. The van der Waals surface area contributed by atoms with Gasteiger partial charge in [0, 0.05) is 26.0 Å². The number of pyridine rings is 1. The van der Waals surface area contributed by atoms with Gasteiger partial charge in [0.25, 0.3) is 5.91 Å². The lowest BCUT2D eigenvalue weighted by atomic mass is 10.1. The molecule has 2 amide bonds. The lowest BCUT2D eigenvalue weighted by Gasteiger charge is -2.18. The van der Waals surface area contributed by atoms with E-state index in [1.165, 1.54) is 25.4 Å². The minimum absolute atomic E-state index is 0.185. The molecule has 0 bridgehead atoms. The van der Waals surface area contributed by atoms with Gasteiger partial charge in [-0.25, -0.2) is 9.99 Å². The zero-order chi connectivity index (χ0) is 17.0. The molecule has 2 heterocycles. The number of rotatable bonds is 4. The highest BCUT2D eigenvalue weighted by molar-refractivity contribution is 6.43. The first-order valence-corrected chi connectivity index (χ1v) is 6.55. The molecule has 0 saturated heterocycles. The second-order valence-electron chi connectivity index (χ2n) is 4.71. The van der Waals surface area contributed by atoms with E-state index in [0.717, 1.165) is 5.01 Å². The van der Waals surface area contributed by atoms with Gasteiger partial charge in [-0.3, -0.25) is 9.59 Å². The quantitative estimate of drug-likeness (QED) is 0.908. The van der Waals surface area contributed by atoms with Gasteiger partial charge in [-0.1, -0.05) is 0 Å². The number of amides is 2. The molecule has 7 nitrogen and oxygen atoms in total. The Morgan fingerprint density at radius 1 is 1.39 bits per heavy atom. The predicted octanol–water partition coefficient (Wildman–Crippen LogP) is 1.57. The van der Waals surface area contributed by atoms with Crippen LogP contribution in [0.15, 0.2) is 23.4 Å². The summed E-state index contributed by atoms with van der Waals surface area (Å²) in [4.78, 5) is 26.9. The van der Waals surface area contributed by atoms with Crippen molar-refractivity contribution in [2.24, 2.45) is 5.10 Å². The number of alkyl halides is 3. The molecule has 1 aliphatic heterocycles. The third-order valence-electron chi connectivity index (χ3n) is 2.85. The van der Waals surface area contributed by atoms with E-state index in [-0.39, 0.29) is 36.0 Å². The molecule has 23 heavy (non-hydrogen) atoms. The topological polar surface area (TPSA) is 83.9 Å². The van der Waals surface area contributed by atoms with Gasteiger partial charge >= 0.3 is 6.18 Å². The summed E-state index contributed by atoms with van der Waals surface area (Å²) in [6.07, 6.45) is -2.88. The summed E-state index contributed by atoms with van der Waals surface area (Å²) in [7, 11) is 1.45. The molecule has 0 spiro atoms. The Labute approximate surface area is 129 Å². The van der Waals surface area contributed by atoms with Gasteiger partial charge in [-0.05, 0) is 6.07 Å². The lowest BCUT2D eigenvalue weighted by molar-refractivity contribution is -0.154. The number of hydrazone groups is 1. The van der Waals surface area contributed by atoms with Gasteiger partial charge < -0.3 is 10.1 Å². The summed E-state index contributed by atoms with van der Waals surface area (Å²) in [6.45, 7) is -1.44. The fourth-order valence-electron chi connectivity index (χ4n) is 1.73. The van der Waals surface area contributed by atoms with Gasteiger partial charge in [0.05, 0.1) is 11.9 Å². The standard InChI is InChI=1S/C13H13F3N4O3/c1-20-11(21)5-3-9(19-20)12(22)18-8-2-4-10(17-6-8)23-7-13(14,15)16/h2,4,6H,3,5,7H2,1H3,(H,18,22). The van der Waals surface area contributed by atoms with Gasteiger partial charge in [0.1, 0.15) is 5.71 Å². The Bertz CT molecular complexity index is 628. The molecule has 1 aliphatic rings. The van der Waals surface area contributed by atoms with Crippen LogP contribution in [0, 0.1) is 0 Å². The van der Waals surface area contributed by atoms with Crippen LogP contribution in [0.2, 0.25) is 0 Å². The molecule has 0 saturated carbocycles. The number of anilines is 1. The zero-order valence-electron chi connectivity index (χ0n) is 12.1. The van der Waals surface area contributed by atoms with Gasteiger partial charge in [0.15, 0.2) is 6.61 Å². The molecular weight excluding hydrogens is 317 g/mol. The summed E-state index contributed by atoms with van der Waals surface area (Å²) in [6, 6.07) is 2.56. The van der Waals surface area contributed by atoms with E-state index in [9.17, 15) is 22.8 Å². The van der Waals surface area contributed by atoms with Crippen LogP contribution in [-0.4, -0.2) is 47.3 Å². The monoisotopic (exact) mass is 330 g/mol. The number of hydrogen-bond donors (Lipinski definition) is 1. The molecular formula is C13H13F3N4O3. The van der Waals surface area contributed by atoms with Crippen LogP contribution in [-0.2, 0) is 9.59 Å². The molecule has 1 aromatic rings. The highest BCUT2D eigenvalue weighted by Gasteiger charge is 2.28. The maximum Gasteiger partial charge on any atom is 0.422 e. The largest absolute Gasteiger partial charge is 0.468 e. The molecule has 0 unspecified atom stereocenters. The van der Waals surface area contributed by atoms with Crippen molar-refractivity contribution in [1.82, 2.24) is 9.99 Å². The Kier molecular flexibility index (Phi) is 4.82. The lowest BCUT2D eigenvalue weighted by Crippen LogP contribution is -2.34. The summed E-state index contributed by atoms with van der Waals surface area (Å²) < 4.78 is 40.5. The van der Waals surface area contributed by atoms with E-state index in [1.54, 1.807) is 0 Å². The van der Waals surface area contributed by atoms with Crippen molar-refractivity contribution in [3.05, 3.63) is 18.3 Å². The average Bonchev–Trinajstić information content (AvgIpc) is 2.48. The molecule has 124 valence electrons. The first-order valence-electron chi connectivity index (χ1n) is 6.55. The second-order valence-corrected chi connectivity index (χ2v) is 4.71. The van der Waals surface area contributed by atoms with E-state index in [2.05, 4.69) is 20.1 Å². The van der Waals surface area contributed by atoms with Crippen molar-refractivity contribution < 1.29 is 27.5 Å². The number of carbonyl (C=O) groups is 2. The van der Waals surface area contributed by atoms with Crippen molar-refractivity contribution in [1.29, 1.82) is 0 Å². The molecule has 2 rings (SSSR count). The molecule has 10 heteroatoms. The van der Waals surface area contributed by atoms with Gasteiger partial charge in [-0.2, -0.15) is 18.3 Å². The fourth-order valence-corrected chi connectivity index (χ4v) is 1.73. The fraction of sp³-hybridized carbons (Fsp3) is 0.385. The molecule has 0 aliphatic carbocycles. The number of carbonyl (C=O) groups excluding carboxylic acids is 2. The normalized spacial score (nSPS) is 15.2. The Morgan fingerprint density at radius 3 is 2.70 bits per heavy atom. The average molecular weight is 330 g/mol. The van der Waals surface area contributed by atoms with Crippen molar-refractivity contribution >= 4 is 23.2 Å². The smallest absolute Gasteiger partial charge is 0.422 e. The number of ether oxygens (including phenoxy) is 1. The van der Waals surface area contributed by atoms with Crippen LogP contribution in [0.5, 0.6) is 5.88 Å². The molecule has 0 atom stereocenters. The van der Waals surface area contributed by atoms with Crippen LogP contribution in [0.3, 0.4) is 0 Å². The van der Waals surface area contributed by atoms with Gasteiger partial charge in [-0.15, -0.1) is 0 Å². The number of hydrogen-bond acceptors (Lipinski definition) is 5. The van der Waals surface area contributed by atoms with Crippen molar-refractivity contribution in [2.75, 3.05) is 19.0 Å². The van der Waals surface area contributed by atoms with Crippen LogP contribution in [0.1, 0.15) is 12.8 Å². The summed E-state index contributed by atoms with van der Waals surface area (Å²) >= 11 is 0. The predicted molar refractivity (Wildman–Crippen MR) is 73.9 cm³/mol. The van der Waals surface area contributed by atoms with E-state index in [0.29, 0.717) is 0 Å². The van der Waals surface area contributed by atoms with Crippen LogP contribution in [0.4, 0.5) is 18.9 Å². The molecule has 0 aromatic carbocycles. The Balaban J connectivity index is 1.94. The van der Waals surface area contributed by atoms with E-state index >= 15 is 0 Å². The number of halogens is 3. The minimum atomic E-state index is -4.45. The zero-order valence-corrected chi connectivity index (χ0v) is 12.1. The van der Waals surface area contributed by atoms with Crippen LogP contribution < -0.4 is 10.1 Å². The Morgan fingerprint density at radius 2 is 2.13 bits per heavy atom. The van der Waals surface area contributed by atoms with Crippen molar-refractivity contribution in [2.45, 2.75) is 19.0 Å². The number of nitrogens with one attached hydrogen (secondary N) is 1. The van der Waals surface area contributed by atoms with Crippen molar-refractivity contribution in [3.63, 3.8) is 0 Å². The minimum Gasteiger partial charge on any atom is -0.468 e. The Hall–Kier alpha value is -2.65. The summed E-state index contributed by atoms with van der Waals surface area (Å²) in [5, 5.41) is 7.44. The van der Waals surface area contributed by atoms with Crippen LogP contribution >= 0.6 is 0 Å². The van der Waals surface area contributed by atoms with Gasteiger partial charge in [0.2, 0.25) is 11.8 Å². The third kappa shape index (κ3) is 4.94. The van der Waals surface area contributed by atoms with Crippen LogP contribution in [0.25, 0.3) is 0 Å². The molecule has 0 fully saturated rings.